The first-order valence-corrected chi connectivity index (χ1v) is 8.18. The van der Waals surface area contributed by atoms with E-state index in [2.05, 4.69) is 12.2 Å². The number of primary amides is 1. The highest BCUT2D eigenvalue weighted by Gasteiger charge is 2.27. The van der Waals surface area contributed by atoms with Crippen molar-refractivity contribution >= 4 is 28.2 Å². The van der Waals surface area contributed by atoms with Crippen molar-refractivity contribution in [2.75, 3.05) is 5.32 Å². The first-order valence-electron chi connectivity index (χ1n) is 7.37. The average molecular weight is 314 g/mol. The van der Waals surface area contributed by atoms with Crippen molar-refractivity contribution in [1.29, 1.82) is 0 Å². The molecule has 0 fully saturated rings. The highest BCUT2D eigenvalue weighted by Crippen LogP contribution is 2.39. The Morgan fingerprint density at radius 3 is 2.68 bits per heavy atom. The minimum absolute atomic E-state index is 0.213. The summed E-state index contributed by atoms with van der Waals surface area (Å²) in [5.74, 6) is -0.136. The van der Waals surface area contributed by atoms with Gasteiger partial charge in [-0.3, -0.25) is 9.59 Å². The van der Waals surface area contributed by atoms with Crippen LogP contribution in [0.15, 0.2) is 30.3 Å². The Bertz CT molecular complexity index is 722. The SMILES string of the molecule is C[C@H]1CCc2sc(NC(=O)c3ccccc3)c(C(N)=O)c2C1. The first-order chi connectivity index (χ1) is 10.6. The molecule has 0 bridgehead atoms. The number of hydrogen-bond donors (Lipinski definition) is 2. The van der Waals surface area contributed by atoms with Crippen LogP contribution < -0.4 is 11.1 Å². The van der Waals surface area contributed by atoms with Gasteiger partial charge in [0.1, 0.15) is 5.00 Å². The van der Waals surface area contributed by atoms with Crippen LogP contribution in [-0.4, -0.2) is 11.8 Å². The smallest absolute Gasteiger partial charge is 0.256 e. The number of nitrogens with one attached hydrogen (secondary N) is 1. The zero-order valence-electron chi connectivity index (χ0n) is 12.4. The molecular formula is C17H18N2O2S. The Balaban J connectivity index is 1.94. The molecule has 22 heavy (non-hydrogen) atoms. The molecule has 2 amide bonds. The molecule has 3 N–H and O–H groups in total. The van der Waals surface area contributed by atoms with Crippen LogP contribution in [0.4, 0.5) is 5.00 Å². The monoisotopic (exact) mass is 314 g/mol. The fraction of sp³-hybridized carbons (Fsp3) is 0.294. The molecule has 0 radical (unpaired) electrons. The highest BCUT2D eigenvalue weighted by atomic mass is 32.1. The van der Waals surface area contributed by atoms with Gasteiger partial charge in [0.05, 0.1) is 5.56 Å². The number of anilines is 1. The van der Waals surface area contributed by atoms with Crippen LogP contribution >= 0.6 is 11.3 Å². The number of carbonyl (C=O) groups is 2. The molecule has 0 saturated heterocycles. The van der Waals surface area contributed by atoms with Crippen LogP contribution in [0.1, 0.15) is 44.5 Å². The van der Waals surface area contributed by atoms with Crippen molar-refractivity contribution in [2.45, 2.75) is 26.2 Å². The molecule has 0 spiro atoms. The van der Waals surface area contributed by atoms with Crippen molar-refractivity contribution in [2.24, 2.45) is 11.7 Å². The van der Waals surface area contributed by atoms with Gasteiger partial charge in [-0.2, -0.15) is 0 Å². The largest absolute Gasteiger partial charge is 0.365 e. The van der Waals surface area contributed by atoms with Crippen molar-refractivity contribution in [3.8, 4) is 0 Å². The lowest BCUT2D eigenvalue weighted by Gasteiger charge is -2.18. The van der Waals surface area contributed by atoms with E-state index in [0.29, 0.717) is 22.0 Å². The van der Waals surface area contributed by atoms with Gasteiger partial charge < -0.3 is 11.1 Å². The fourth-order valence-corrected chi connectivity index (χ4v) is 4.12. The lowest BCUT2D eigenvalue weighted by atomic mass is 9.87. The molecule has 5 heteroatoms. The number of rotatable bonds is 3. The Hall–Kier alpha value is -2.14. The van der Waals surface area contributed by atoms with E-state index in [4.69, 9.17) is 5.73 Å². The molecule has 0 saturated carbocycles. The van der Waals surface area contributed by atoms with Gasteiger partial charge in [0, 0.05) is 10.4 Å². The number of aryl methyl sites for hydroxylation is 1. The van der Waals surface area contributed by atoms with Gasteiger partial charge in [-0.1, -0.05) is 25.1 Å². The van der Waals surface area contributed by atoms with Crippen LogP contribution in [0.5, 0.6) is 0 Å². The summed E-state index contributed by atoms with van der Waals surface area (Å²) >= 11 is 1.48. The molecule has 4 nitrogen and oxygen atoms in total. The summed E-state index contributed by atoms with van der Waals surface area (Å²) < 4.78 is 0. The quantitative estimate of drug-likeness (QED) is 0.913. The predicted octanol–water partition coefficient (Wildman–Crippen LogP) is 3.22. The van der Waals surface area contributed by atoms with Crippen LogP contribution in [0.25, 0.3) is 0 Å². The van der Waals surface area contributed by atoms with E-state index in [1.165, 1.54) is 16.2 Å². The summed E-state index contributed by atoms with van der Waals surface area (Å²) in [5, 5.41) is 3.44. The second-order valence-corrected chi connectivity index (χ2v) is 6.85. The van der Waals surface area contributed by atoms with Crippen LogP contribution in [0.3, 0.4) is 0 Å². The summed E-state index contributed by atoms with van der Waals surface area (Å²) in [6, 6.07) is 8.97. The maximum Gasteiger partial charge on any atom is 0.256 e. The van der Waals surface area contributed by atoms with E-state index >= 15 is 0 Å². The standard InChI is InChI=1S/C17H18N2O2S/c1-10-7-8-13-12(9-10)14(15(18)20)17(22-13)19-16(21)11-5-3-2-4-6-11/h2-6,10H,7-9H2,1H3,(H2,18,20)(H,19,21)/t10-/m0/s1. The van der Waals surface area contributed by atoms with Gasteiger partial charge in [0.15, 0.2) is 0 Å². The Morgan fingerprint density at radius 2 is 2.00 bits per heavy atom. The van der Waals surface area contributed by atoms with Crippen LogP contribution in [0, 0.1) is 5.92 Å². The third kappa shape index (κ3) is 2.76. The molecule has 0 aliphatic heterocycles. The second-order valence-electron chi connectivity index (χ2n) is 5.74. The maximum absolute atomic E-state index is 12.3. The third-order valence-electron chi connectivity index (χ3n) is 4.02. The second kappa shape index (κ2) is 5.93. The third-order valence-corrected chi connectivity index (χ3v) is 5.22. The predicted molar refractivity (Wildman–Crippen MR) is 88.4 cm³/mol. The van der Waals surface area contributed by atoms with Crippen LogP contribution in [0.2, 0.25) is 0 Å². The van der Waals surface area contributed by atoms with E-state index in [1.54, 1.807) is 12.1 Å². The van der Waals surface area contributed by atoms with E-state index in [-0.39, 0.29) is 5.91 Å². The summed E-state index contributed by atoms with van der Waals surface area (Å²) in [6.07, 6.45) is 2.91. The number of hydrogen-bond acceptors (Lipinski definition) is 3. The Kier molecular flexibility index (Phi) is 3.98. The number of nitrogens with two attached hydrogens (primary N) is 1. The maximum atomic E-state index is 12.3. The Morgan fingerprint density at radius 1 is 1.27 bits per heavy atom. The molecular weight excluding hydrogens is 296 g/mol. The number of fused-ring (bicyclic) bond motifs is 1. The summed E-state index contributed by atoms with van der Waals surface area (Å²) in [6.45, 7) is 2.17. The van der Waals surface area contributed by atoms with E-state index < -0.39 is 5.91 Å². The molecule has 1 heterocycles. The summed E-state index contributed by atoms with van der Waals surface area (Å²) in [5.41, 5.74) is 7.65. The Labute approximate surface area is 133 Å². The zero-order chi connectivity index (χ0) is 15.7. The van der Waals surface area contributed by atoms with Crippen molar-refractivity contribution in [3.05, 3.63) is 51.9 Å². The van der Waals surface area contributed by atoms with Gasteiger partial charge in [-0.05, 0) is 42.9 Å². The average Bonchev–Trinajstić information content (AvgIpc) is 2.85. The van der Waals surface area contributed by atoms with Crippen molar-refractivity contribution in [1.82, 2.24) is 0 Å². The molecule has 1 aliphatic carbocycles. The highest BCUT2D eigenvalue weighted by molar-refractivity contribution is 7.17. The molecule has 0 unspecified atom stereocenters. The lowest BCUT2D eigenvalue weighted by Crippen LogP contribution is -2.19. The van der Waals surface area contributed by atoms with Gasteiger partial charge >= 0.3 is 0 Å². The molecule has 1 aromatic carbocycles. The van der Waals surface area contributed by atoms with Gasteiger partial charge in [0.25, 0.3) is 11.8 Å². The number of thiophene rings is 1. The van der Waals surface area contributed by atoms with Crippen LogP contribution in [-0.2, 0) is 12.8 Å². The molecule has 114 valence electrons. The molecule has 1 atom stereocenters. The summed E-state index contributed by atoms with van der Waals surface area (Å²) in [4.78, 5) is 25.3. The van der Waals surface area contributed by atoms with Gasteiger partial charge in [-0.15, -0.1) is 11.3 Å². The van der Waals surface area contributed by atoms with Gasteiger partial charge in [-0.25, -0.2) is 0 Å². The van der Waals surface area contributed by atoms with Gasteiger partial charge in [0.2, 0.25) is 0 Å². The molecule has 2 aromatic rings. The molecule has 1 aromatic heterocycles. The fourth-order valence-electron chi connectivity index (χ4n) is 2.87. The number of carbonyl (C=O) groups excluding carboxylic acids is 2. The van der Waals surface area contributed by atoms with E-state index in [0.717, 1.165) is 24.8 Å². The molecule has 3 rings (SSSR count). The lowest BCUT2D eigenvalue weighted by molar-refractivity contribution is 0.1000. The van der Waals surface area contributed by atoms with Crippen molar-refractivity contribution in [3.63, 3.8) is 0 Å². The minimum atomic E-state index is -0.463. The first kappa shape index (κ1) is 14.8. The summed E-state index contributed by atoms with van der Waals surface area (Å²) in [7, 11) is 0. The normalized spacial score (nSPS) is 16.9. The topological polar surface area (TPSA) is 72.2 Å². The van der Waals surface area contributed by atoms with E-state index in [9.17, 15) is 9.59 Å². The number of amides is 2. The zero-order valence-corrected chi connectivity index (χ0v) is 13.2. The minimum Gasteiger partial charge on any atom is -0.365 e. The van der Waals surface area contributed by atoms with E-state index in [1.807, 2.05) is 18.2 Å². The van der Waals surface area contributed by atoms with Crippen molar-refractivity contribution < 1.29 is 9.59 Å². The number of benzene rings is 1. The molecule has 1 aliphatic rings.